The van der Waals surface area contributed by atoms with E-state index in [-0.39, 0.29) is 5.92 Å². The first kappa shape index (κ1) is 9.89. The number of nitrogens with zero attached hydrogens (tertiary/aromatic N) is 5. The van der Waals surface area contributed by atoms with Gasteiger partial charge in [0, 0.05) is 24.4 Å². The molecule has 0 atom stereocenters. The zero-order valence-electron chi connectivity index (χ0n) is 9.95. The average molecular weight is 239 g/mol. The smallest absolute Gasteiger partial charge is 0.157 e. The van der Waals surface area contributed by atoms with Crippen LogP contribution in [0.2, 0.25) is 0 Å². The largest absolute Gasteiger partial charge is 0.355 e. The van der Waals surface area contributed by atoms with Gasteiger partial charge in [-0.25, -0.2) is 4.98 Å². The van der Waals surface area contributed by atoms with Crippen LogP contribution in [0.5, 0.6) is 0 Å². The van der Waals surface area contributed by atoms with Crippen LogP contribution in [0.1, 0.15) is 12.8 Å². The number of hydrogen-bond acceptors (Lipinski definition) is 4. The van der Waals surface area contributed by atoms with Crippen molar-refractivity contribution in [2.75, 3.05) is 18.0 Å². The van der Waals surface area contributed by atoms with E-state index in [1.54, 1.807) is 6.33 Å². The van der Waals surface area contributed by atoms with Crippen LogP contribution in [0.3, 0.4) is 0 Å². The Bertz CT molecular complexity index is 639. The van der Waals surface area contributed by atoms with E-state index >= 15 is 0 Å². The molecule has 0 amide bonds. The summed E-state index contributed by atoms with van der Waals surface area (Å²) in [7, 11) is 0. The van der Waals surface area contributed by atoms with Crippen molar-refractivity contribution in [3.63, 3.8) is 0 Å². The molecule has 90 valence electrons. The fourth-order valence-corrected chi connectivity index (χ4v) is 3.33. The van der Waals surface area contributed by atoms with Crippen LogP contribution >= 0.6 is 0 Å². The molecule has 1 saturated carbocycles. The van der Waals surface area contributed by atoms with Crippen molar-refractivity contribution in [2.24, 2.45) is 11.3 Å². The van der Waals surface area contributed by atoms with Gasteiger partial charge in [-0.2, -0.15) is 14.9 Å². The van der Waals surface area contributed by atoms with Gasteiger partial charge in [0.25, 0.3) is 0 Å². The molecule has 2 aromatic heterocycles. The van der Waals surface area contributed by atoms with Crippen LogP contribution in [-0.4, -0.2) is 27.7 Å². The maximum atomic E-state index is 8.85. The van der Waals surface area contributed by atoms with Crippen LogP contribution in [0.25, 0.3) is 5.65 Å². The van der Waals surface area contributed by atoms with E-state index in [1.807, 2.05) is 16.6 Å². The molecule has 2 aromatic rings. The molecule has 2 fully saturated rings. The van der Waals surface area contributed by atoms with Gasteiger partial charge in [0.2, 0.25) is 0 Å². The molecule has 0 N–H and O–H groups in total. The molecule has 4 rings (SSSR count). The van der Waals surface area contributed by atoms with Gasteiger partial charge >= 0.3 is 0 Å². The Hall–Kier alpha value is -2.09. The summed E-state index contributed by atoms with van der Waals surface area (Å²) >= 11 is 0. The Kier molecular flexibility index (Phi) is 1.77. The number of fused-ring (bicyclic) bond motifs is 1. The van der Waals surface area contributed by atoms with E-state index in [4.69, 9.17) is 5.26 Å². The Morgan fingerprint density at radius 1 is 1.33 bits per heavy atom. The highest BCUT2D eigenvalue weighted by Crippen LogP contribution is 2.52. The SMILES string of the molecule is N#CC1CC2(C1)CN(c1cccc3ncnn13)C2. The highest BCUT2D eigenvalue weighted by molar-refractivity contribution is 5.52. The molecule has 5 nitrogen and oxygen atoms in total. The number of rotatable bonds is 1. The highest BCUT2D eigenvalue weighted by Gasteiger charge is 2.52. The lowest BCUT2D eigenvalue weighted by molar-refractivity contribution is 0.0509. The minimum Gasteiger partial charge on any atom is -0.355 e. The number of anilines is 1. The van der Waals surface area contributed by atoms with E-state index in [1.165, 1.54) is 0 Å². The Balaban J connectivity index is 1.57. The fraction of sp³-hybridized carbons (Fsp3) is 0.462. The molecule has 18 heavy (non-hydrogen) atoms. The second-order valence-corrected chi connectivity index (χ2v) is 5.50. The monoisotopic (exact) mass is 239 g/mol. The van der Waals surface area contributed by atoms with Crippen LogP contribution in [-0.2, 0) is 0 Å². The molecule has 2 aliphatic rings. The summed E-state index contributed by atoms with van der Waals surface area (Å²) in [5.74, 6) is 1.39. The quantitative estimate of drug-likeness (QED) is 0.756. The zero-order valence-corrected chi connectivity index (χ0v) is 9.95. The third-order valence-corrected chi connectivity index (χ3v) is 4.20. The first-order chi connectivity index (χ1) is 8.80. The van der Waals surface area contributed by atoms with Gasteiger partial charge in [-0.05, 0) is 25.0 Å². The van der Waals surface area contributed by atoms with Crippen LogP contribution < -0.4 is 4.90 Å². The summed E-state index contributed by atoms with van der Waals surface area (Å²) < 4.78 is 1.88. The maximum absolute atomic E-state index is 8.85. The van der Waals surface area contributed by atoms with Gasteiger partial charge in [-0.15, -0.1) is 0 Å². The molecule has 0 aromatic carbocycles. The summed E-state index contributed by atoms with van der Waals surface area (Å²) in [4.78, 5) is 6.53. The molecule has 1 spiro atoms. The van der Waals surface area contributed by atoms with Crippen molar-refractivity contribution in [1.82, 2.24) is 14.6 Å². The third kappa shape index (κ3) is 1.20. The summed E-state index contributed by atoms with van der Waals surface area (Å²) in [6, 6.07) is 8.41. The van der Waals surface area contributed by atoms with Gasteiger partial charge in [0.15, 0.2) is 5.65 Å². The number of hydrogen-bond donors (Lipinski definition) is 0. The lowest BCUT2D eigenvalue weighted by Crippen LogP contribution is -2.62. The molecule has 1 aliphatic heterocycles. The van der Waals surface area contributed by atoms with E-state index in [0.29, 0.717) is 5.41 Å². The van der Waals surface area contributed by atoms with Crippen molar-refractivity contribution >= 4 is 11.5 Å². The normalized spacial score (nSPS) is 21.6. The number of aromatic nitrogens is 3. The van der Waals surface area contributed by atoms with Gasteiger partial charge < -0.3 is 4.90 Å². The topological polar surface area (TPSA) is 57.2 Å². The molecular formula is C13H13N5. The molecule has 1 saturated heterocycles. The van der Waals surface area contributed by atoms with Crippen molar-refractivity contribution in [2.45, 2.75) is 12.8 Å². The van der Waals surface area contributed by atoms with E-state index in [0.717, 1.165) is 37.4 Å². The predicted octanol–water partition coefficient (Wildman–Crippen LogP) is 1.47. The van der Waals surface area contributed by atoms with Crippen LogP contribution in [0, 0.1) is 22.7 Å². The molecule has 3 heterocycles. The molecular weight excluding hydrogens is 226 g/mol. The van der Waals surface area contributed by atoms with E-state index < -0.39 is 0 Å². The van der Waals surface area contributed by atoms with Gasteiger partial charge in [0.05, 0.1) is 6.07 Å². The Morgan fingerprint density at radius 3 is 2.94 bits per heavy atom. The maximum Gasteiger partial charge on any atom is 0.157 e. The third-order valence-electron chi connectivity index (χ3n) is 4.20. The van der Waals surface area contributed by atoms with Crippen molar-refractivity contribution in [1.29, 1.82) is 5.26 Å². The van der Waals surface area contributed by atoms with Crippen molar-refractivity contribution < 1.29 is 0 Å². The average Bonchev–Trinajstić information content (AvgIpc) is 2.74. The second kappa shape index (κ2) is 3.22. The molecule has 0 radical (unpaired) electrons. The van der Waals surface area contributed by atoms with Crippen molar-refractivity contribution in [3.05, 3.63) is 24.5 Å². The van der Waals surface area contributed by atoms with E-state index in [2.05, 4.69) is 27.1 Å². The minimum absolute atomic E-state index is 0.286. The summed E-state index contributed by atoms with van der Waals surface area (Å²) in [5.41, 5.74) is 1.29. The molecule has 1 aliphatic carbocycles. The van der Waals surface area contributed by atoms with E-state index in [9.17, 15) is 0 Å². The first-order valence-electron chi connectivity index (χ1n) is 6.23. The zero-order chi connectivity index (χ0) is 12.2. The van der Waals surface area contributed by atoms with Crippen molar-refractivity contribution in [3.8, 4) is 6.07 Å². The first-order valence-corrected chi connectivity index (χ1v) is 6.23. The molecule has 5 heteroatoms. The lowest BCUT2D eigenvalue weighted by atomic mass is 9.58. The number of pyridine rings is 1. The fourth-order valence-electron chi connectivity index (χ4n) is 3.33. The van der Waals surface area contributed by atoms with Crippen LogP contribution in [0.15, 0.2) is 24.5 Å². The second-order valence-electron chi connectivity index (χ2n) is 5.50. The van der Waals surface area contributed by atoms with Crippen LogP contribution in [0.4, 0.5) is 5.82 Å². The minimum atomic E-state index is 0.286. The summed E-state index contributed by atoms with van der Waals surface area (Å²) in [6.07, 6.45) is 3.71. The molecule has 0 unspecified atom stereocenters. The predicted molar refractivity (Wildman–Crippen MR) is 66.0 cm³/mol. The lowest BCUT2D eigenvalue weighted by Gasteiger charge is -2.58. The Labute approximate surface area is 105 Å². The highest BCUT2D eigenvalue weighted by atomic mass is 15.4. The summed E-state index contributed by atoms with van der Waals surface area (Å²) in [5, 5.41) is 13.1. The van der Waals surface area contributed by atoms with Gasteiger partial charge in [-0.1, -0.05) is 6.07 Å². The summed E-state index contributed by atoms with van der Waals surface area (Å²) in [6.45, 7) is 2.09. The standard InChI is InChI=1S/C13H13N5/c14-6-10-4-13(5-10)7-17(8-13)12-3-1-2-11-15-9-16-18(11)12/h1-3,9-10H,4-5,7-8H2. The molecule has 0 bridgehead atoms. The van der Waals surface area contributed by atoms with Gasteiger partial charge in [0.1, 0.15) is 12.1 Å². The Morgan fingerprint density at radius 2 is 2.17 bits per heavy atom. The number of nitriles is 1. The van der Waals surface area contributed by atoms with Gasteiger partial charge in [-0.3, -0.25) is 0 Å².